The van der Waals surface area contributed by atoms with Crippen LogP contribution in [0.1, 0.15) is 19.8 Å². The quantitative estimate of drug-likeness (QED) is 0.226. The molecule has 0 saturated carbocycles. The molecular formula is C35H30N2O. The van der Waals surface area contributed by atoms with Gasteiger partial charge in [-0.15, -0.1) is 0 Å². The number of fused-ring (bicyclic) bond motifs is 3. The standard InChI is InChI=1S/C35H30N2O/c1-2-3-25-36(32-22-10-16-26-13-4-7-19-29(26)32)35(38)37(33-23-11-17-27-14-5-8-20-30(27)33)34-24-12-18-28-15-6-9-21-31(28)34/h4-24H,2-3,25H2,1H3. The lowest BCUT2D eigenvalue weighted by Crippen LogP contribution is -2.42. The fraction of sp³-hybridized carbons (Fsp3) is 0.114. The molecule has 0 aliphatic rings. The number of anilines is 3. The number of benzene rings is 6. The van der Waals surface area contributed by atoms with E-state index in [1.54, 1.807) is 0 Å². The number of rotatable bonds is 6. The second-order valence-electron chi connectivity index (χ2n) is 9.62. The van der Waals surface area contributed by atoms with E-state index < -0.39 is 0 Å². The van der Waals surface area contributed by atoms with Crippen LogP contribution in [-0.2, 0) is 0 Å². The van der Waals surface area contributed by atoms with E-state index in [1.807, 2.05) is 64.4 Å². The van der Waals surface area contributed by atoms with Crippen molar-refractivity contribution in [3.63, 3.8) is 0 Å². The minimum Gasteiger partial charge on any atom is -0.293 e. The molecule has 2 amide bonds. The topological polar surface area (TPSA) is 23.6 Å². The van der Waals surface area contributed by atoms with Gasteiger partial charge in [-0.3, -0.25) is 9.80 Å². The highest BCUT2D eigenvalue weighted by atomic mass is 16.2. The summed E-state index contributed by atoms with van der Waals surface area (Å²) in [5.41, 5.74) is 2.70. The van der Waals surface area contributed by atoms with Crippen LogP contribution < -0.4 is 9.80 Å². The fourth-order valence-corrected chi connectivity index (χ4v) is 5.34. The van der Waals surface area contributed by atoms with Crippen LogP contribution >= 0.6 is 0 Å². The zero-order valence-electron chi connectivity index (χ0n) is 21.5. The Morgan fingerprint density at radius 2 is 0.921 bits per heavy atom. The van der Waals surface area contributed by atoms with E-state index in [0.29, 0.717) is 6.54 Å². The van der Waals surface area contributed by atoms with Crippen molar-refractivity contribution < 1.29 is 4.79 Å². The van der Waals surface area contributed by atoms with Crippen molar-refractivity contribution in [2.75, 3.05) is 16.3 Å². The van der Waals surface area contributed by atoms with E-state index >= 15 is 0 Å². The third kappa shape index (κ3) is 4.26. The molecule has 3 nitrogen and oxygen atoms in total. The van der Waals surface area contributed by atoms with Gasteiger partial charge >= 0.3 is 6.03 Å². The molecule has 0 heterocycles. The van der Waals surface area contributed by atoms with Crippen LogP contribution in [0.25, 0.3) is 32.3 Å². The first-order valence-corrected chi connectivity index (χ1v) is 13.3. The van der Waals surface area contributed by atoms with E-state index in [1.165, 1.54) is 0 Å². The van der Waals surface area contributed by atoms with Gasteiger partial charge in [0.25, 0.3) is 0 Å². The van der Waals surface area contributed by atoms with Gasteiger partial charge in [-0.05, 0) is 40.8 Å². The van der Waals surface area contributed by atoms with Crippen LogP contribution in [-0.4, -0.2) is 12.6 Å². The second-order valence-corrected chi connectivity index (χ2v) is 9.62. The minimum atomic E-state index is -0.0532. The zero-order chi connectivity index (χ0) is 25.9. The second kappa shape index (κ2) is 10.4. The maximum Gasteiger partial charge on any atom is 0.333 e. The van der Waals surface area contributed by atoms with E-state index in [0.717, 1.165) is 62.2 Å². The number of carbonyl (C=O) groups is 1. The maximum atomic E-state index is 14.9. The molecule has 0 unspecified atom stereocenters. The highest BCUT2D eigenvalue weighted by Gasteiger charge is 2.28. The Bertz CT molecular complexity index is 1660. The van der Waals surface area contributed by atoms with Crippen LogP contribution in [0.2, 0.25) is 0 Å². The highest BCUT2D eigenvalue weighted by Crippen LogP contribution is 2.39. The van der Waals surface area contributed by atoms with Crippen LogP contribution in [0.15, 0.2) is 127 Å². The summed E-state index contributed by atoms with van der Waals surface area (Å²) in [6, 6.07) is 43.4. The molecule has 0 bridgehead atoms. The molecule has 0 N–H and O–H groups in total. The third-order valence-corrected chi connectivity index (χ3v) is 7.23. The first-order chi connectivity index (χ1) is 18.8. The first kappa shape index (κ1) is 23.7. The molecule has 0 aromatic heterocycles. The molecular weight excluding hydrogens is 464 g/mol. The Morgan fingerprint density at radius 1 is 0.526 bits per heavy atom. The molecule has 3 heteroatoms. The molecule has 0 fully saturated rings. The maximum absolute atomic E-state index is 14.9. The highest BCUT2D eigenvalue weighted by molar-refractivity contribution is 6.18. The van der Waals surface area contributed by atoms with Crippen molar-refractivity contribution in [3.05, 3.63) is 127 Å². The van der Waals surface area contributed by atoms with Crippen molar-refractivity contribution in [1.29, 1.82) is 0 Å². The average molecular weight is 495 g/mol. The summed E-state index contributed by atoms with van der Waals surface area (Å²) in [5, 5.41) is 6.51. The van der Waals surface area contributed by atoms with E-state index in [9.17, 15) is 4.79 Å². The molecule has 0 aliphatic heterocycles. The molecule has 0 radical (unpaired) electrons. The van der Waals surface area contributed by atoms with Crippen molar-refractivity contribution >= 4 is 55.4 Å². The van der Waals surface area contributed by atoms with Crippen molar-refractivity contribution in [3.8, 4) is 0 Å². The smallest absolute Gasteiger partial charge is 0.293 e. The van der Waals surface area contributed by atoms with Gasteiger partial charge in [0.2, 0.25) is 0 Å². The molecule has 6 aromatic rings. The number of hydrogen-bond donors (Lipinski definition) is 0. The summed E-state index contributed by atoms with van der Waals surface area (Å²) in [6.45, 7) is 2.80. The monoisotopic (exact) mass is 494 g/mol. The van der Waals surface area contributed by atoms with Gasteiger partial charge in [0.1, 0.15) is 0 Å². The van der Waals surface area contributed by atoms with Gasteiger partial charge in [0.05, 0.1) is 17.1 Å². The number of carbonyl (C=O) groups excluding carboxylic acids is 1. The molecule has 6 aromatic carbocycles. The number of hydrogen-bond acceptors (Lipinski definition) is 1. The predicted octanol–water partition coefficient (Wildman–Crippen LogP) is 9.71. The Balaban J connectivity index is 1.61. The zero-order valence-corrected chi connectivity index (χ0v) is 21.5. The summed E-state index contributed by atoms with van der Waals surface area (Å²) in [4.78, 5) is 18.8. The van der Waals surface area contributed by atoms with Crippen molar-refractivity contribution in [1.82, 2.24) is 0 Å². The third-order valence-electron chi connectivity index (χ3n) is 7.23. The van der Waals surface area contributed by atoms with Gasteiger partial charge < -0.3 is 0 Å². The first-order valence-electron chi connectivity index (χ1n) is 13.3. The Labute approximate surface area is 223 Å². The molecule has 0 aliphatic carbocycles. The lowest BCUT2D eigenvalue weighted by atomic mass is 10.0. The summed E-state index contributed by atoms with van der Waals surface area (Å²) >= 11 is 0. The summed E-state index contributed by atoms with van der Waals surface area (Å²) < 4.78 is 0. The van der Waals surface area contributed by atoms with Crippen LogP contribution in [0, 0.1) is 0 Å². The van der Waals surface area contributed by atoms with E-state index in [4.69, 9.17) is 0 Å². The minimum absolute atomic E-state index is 0.0532. The Morgan fingerprint density at radius 3 is 1.39 bits per heavy atom. The van der Waals surface area contributed by atoms with Crippen molar-refractivity contribution in [2.24, 2.45) is 0 Å². The SMILES string of the molecule is CCCCN(C(=O)N(c1cccc2ccccc12)c1cccc2ccccc12)c1cccc2ccccc12. The number of nitrogens with zero attached hydrogens (tertiary/aromatic N) is 2. The molecule has 0 spiro atoms. The average Bonchev–Trinajstić information content (AvgIpc) is 2.98. The van der Waals surface area contributed by atoms with Crippen LogP contribution in [0.4, 0.5) is 21.9 Å². The molecule has 0 saturated heterocycles. The lowest BCUT2D eigenvalue weighted by molar-refractivity contribution is 0.253. The van der Waals surface area contributed by atoms with Gasteiger partial charge in [0, 0.05) is 22.7 Å². The Hall–Kier alpha value is -4.63. The Kier molecular flexibility index (Phi) is 6.49. The number of amides is 2. The summed E-state index contributed by atoms with van der Waals surface area (Å²) in [6.07, 6.45) is 1.91. The fourth-order valence-electron chi connectivity index (χ4n) is 5.34. The van der Waals surface area contributed by atoms with E-state index in [2.05, 4.69) is 79.7 Å². The molecule has 6 rings (SSSR count). The van der Waals surface area contributed by atoms with Crippen LogP contribution in [0.3, 0.4) is 0 Å². The molecule has 38 heavy (non-hydrogen) atoms. The van der Waals surface area contributed by atoms with Gasteiger partial charge in [-0.1, -0.05) is 123 Å². The molecule has 0 atom stereocenters. The normalized spacial score (nSPS) is 11.2. The van der Waals surface area contributed by atoms with Gasteiger partial charge in [-0.2, -0.15) is 0 Å². The number of urea groups is 1. The van der Waals surface area contributed by atoms with Crippen molar-refractivity contribution in [2.45, 2.75) is 19.8 Å². The van der Waals surface area contributed by atoms with E-state index in [-0.39, 0.29) is 6.03 Å². The predicted molar refractivity (Wildman–Crippen MR) is 162 cm³/mol. The van der Waals surface area contributed by atoms with Gasteiger partial charge in [-0.25, -0.2) is 4.79 Å². The molecule has 186 valence electrons. The number of unbranched alkanes of at least 4 members (excludes halogenated alkanes) is 1. The van der Waals surface area contributed by atoms with Crippen LogP contribution in [0.5, 0.6) is 0 Å². The summed E-state index contributed by atoms with van der Waals surface area (Å²) in [5.74, 6) is 0. The summed E-state index contributed by atoms with van der Waals surface area (Å²) in [7, 11) is 0. The largest absolute Gasteiger partial charge is 0.333 e. The van der Waals surface area contributed by atoms with Gasteiger partial charge in [0.15, 0.2) is 0 Å². The lowest BCUT2D eigenvalue weighted by Gasteiger charge is -2.33.